The molecule has 0 spiro atoms. The molecule has 1 N–H and O–H groups in total. The van der Waals surface area contributed by atoms with Crippen molar-refractivity contribution >= 4 is 52.3 Å². The molecule has 2 heterocycles. The molecule has 28 heavy (non-hydrogen) atoms. The number of benzene rings is 1. The minimum Gasteiger partial charge on any atom is -0.358 e. The highest BCUT2D eigenvalue weighted by Gasteiger charge is 2.21. The number of hydrogen-bond donors (Lipinski definition) is 1. The summed E-state index contributed by atoms with van der Waals surface area (Å²) in [6.45, 7) is 1.56. The van der Waals surface area contributed by atoms with Gasteiger partial charge in [-0.15, -0.1) is 4.68 Å². The molecule has 2 aromatic heterocycles. The molecule has 0 aliphatic heterocycles. The molecule has 146 valence electrons. The summed E-state index contributed by atoms with van der Waals surface area (Å²) in [5.74, 6) is -0.701. The number of hydrogen-bond acceptors (Lipinski definition) is 5. The number of halogens is 3. The Bertz CT molecular complexity index is 1060. The summed E-state index contributed by atoms with van der Waals surface area (Å²) in [5, 5.41) is 22.9. The monoisotopic (exact) mass is 442 g/mol. The minimum atomic E-state index is -0.606. The number of aromatic nitrogens is 4. The van der Waals surface area contributed by atoms with Crippen molar-refractivity contribution in [3.8, 4) is 0 Å². The summed E-state index contributed by atoms with van der Waals surface area (Å²) in [7, 11) is 0. The van der Waals surface area contributed by atoms with Gasteiger partial charge in [0.2, 0.25) is 0 Å². The zero-order valence-electron chi connectivity index (χ0n) is 14.4. The number of nitrogens with zero attached hydrogens (tertiary/aromatic N) is 5. The lowest BCUT2D eigenvalue weighted by molar-refractivity contribution is -0.392. The van der Waals surface area contributed by atoms with Gasteiger partial charge in [-0.2, -0.15) is 5.10 Å². The second-order valence-corrected chi connectivity index (χ2v) is 7.12. The summed E-state index contributed by atoms with van der Waals surface area (Å²) in [6, 6.07) is 6.36. The fourth-order valence-corrected chi connectivity index (χ4v) is 3.16. The van der Waals surface area contributed by atoms with Crippen molar-refractivity contribution in [1.82, 2.24) is 19.6 Å². The number of amides is 1. The highest BCUT2D eigenvalue weighted by molar-refractivity contribution is 6.35. The molecule has 0 aliphatic carbocycles. The van der Waals surface area contributed by atoms with Gasteiger partial charge >= 0.3 is 5.82 Å². The van der Waals surface area contributed by atoms with E-state index < -0.39 is 10.8 Å². The highest BCUT2D eigenvalue weighted by atomic mass is 35.5. The second-order valence-electron chi connectivity index (χ2n) is 5.87. The molecule has 0 saturated heterocycles. The molecule has 0 unspecified atom stereocenters. The molecule has 3 rings (SSSR count). The van der Waals surface area contributed by atoms with E-state index in [0.717, 1.165) is 10.2 Å². The van der Waals surface area contributed by atoms with Crippen LogP contribution in [0.5, 0.6) is 0 Å². The van der Waals surface area contributed by atoms with Gasteiger partial charge in [0.05, 0.1) is 18.3 Å². The fourth-order valence-electron chi connectivity index (χ4n) is 2.49. The molecule has 0 aliphatic rings. The number of nitrogens with one attached hydrogen (secondary N) is 1. The molecule has 9 nitrogen and oxygen atoms in total. The van der Waals surface area contributed by atoms with Gasteiger partial charge in [-0.1, -0.05) is 46.0 Å². The number of rotatable bonds is 6. The molecule has 1 aromatic carbocycles. The van der Waals surface area contributed by atoms with Crippen molar-refractivity contribution in [3.63, 3.8) is 0 Å². The van der Waals surface area contributed by atoms with Crippen LogP contribution in [0, 0.1) is 17.0 Å². The number of carbonyl (C=O) groups is 1. The molecule has 0 atom stereocenters. The van der Waals surface area contributed by atoms with Crippen molar-refractivity contribution in [1.29, 1.82) is 0 Å². The van der Waals surface area contributed by atoms with Crippen molar-refractivity contribution < 1.29 is 9.72 Å². The molecule has 0 fully saturated rings. The summed E-state index contributed by atoms with van der Waals surface area (Å²) in [4.78, 5) is 22.6. The Labute approximate surface area is 173 Å². The van der Waals surface area contributed by atoms with Crippen molar-refractivity contribution in [2.24, 2.45) is 0 Å². The van der Waals surface area contributed by atoms with Gasteiger partial charge in [0.15, 0.2) is 12.4 Å². The second kappa shape index (κ2) is 8.17. The van der Waals surface area contributed by atoms with E-state index in [1.807, 2.05) is 0 Å². The van der Waals surface area contributed by atoms with Gasteiger partial charge in [0, 0.05) is 16.2 Å². The SMILES string of the molecule is Cc1cc([N+](=O)[O-])n(CC(=O)Nc2nn(Cc3ccc(Cl)cc3Cl)cc2Cl)n1. The zero-order valence-corrected chi connectivity index (χ0v) is 16.7. The summed E-state index contributed by atoms with van der Waals surface area (Å²) in [5.41, 5.74) is 1.20. The molecule has 0 radical (unpaired) electrons. The van der Waals surface area contributed by atoms with Gasteiger partial charge in [-0.05, 0) is 29.5 Å². The average molecular weight is 444 g/mol. The minimum absolute atomic E-state index is 0.128. The Hall–Kier alpha value is -2.62. The standard InChI is InChI=1S/C16H13Cl3N6O3/c1-9-4-15(25(27)28)24(21-9)8-14(26)20-16-13(19)7-23(22-16)6-10-2-3-11(17)5-12(10)18/h2-5,7H,6,8H2,1H3,(H,20,22,26). The van der Waals surface area contributed by atoms with Gasteiger partial charge in [0.1, 0.15) is 5.02 Å². The van der Waals surface area contributed by atoms with E-state index >= 15 is 0 Å². The first-order valence-corrected chi connectivity index (χ1v) is 9.02. The first-order chi connectivity index (χ1) is 13.2. The largest absolute Gasteiger partial charge is 0.358 e. The lowest BCUT2D eigenvalue weighted by atomic mass is 10.2. The van der Waals surface area contributed by atoms with Crippen molar-refractivity contribution in [2.75, 3.05) is 5.32 Å². The Balaban J connectivity index is 1.71. The first-order valence-electron chi connectivity index (χ1n) is 7.88. The van der Waals surface area contributed by atoms with Crippen LogP contribution in [0.15, 0.2) is 30.5 Å². The Kier molecular flexibility index (Phi) is 5.87. The zero-order chi connectivity index (χ0) is 20.4. The predicted molar refractivity (Wildman–Crippen MR) is 105 cm³/mol. The third kappa shape index (κ3) is 4.61. The Morgan fingerprint density at radius 1 is 1.21 bits per heavy atom. The quantitative estimate of drug-likeness (QED) is 0.458. The van der Waals surface area contributed by atoms with E-state index in [-0.39, 0.29) is 23.2 Å². The van der Waals surface area contributed by atoms with Crippen LogP contribution in [-0.2, 0) is 17.9 Å². The van der Waals surface area contributed by atoms with Crippen LogP contribution >= 0.6 is 34.8 Å². The van der Waals surface area contributed by atoms with Gasteiger partial charge in [-0.3, -0.25) is 9.48 Å². The predicted octanol–water partition coefficient (Wildman–Crippen LogP) is 3.94. The number of nitro groups is 1. The maximum Gasteiger partial charge on any atom is 0.345 e. The van der Waals surface area contributed by atoms with Gasteiger partial charge in [0.25, 0.3) is 5.91 Å². The smallest absolute Gasteiger partial charge is 0.345 e. The molecule has 12 heteroatoms. The third-order valence-corrected chi connectivity index (χ3v) is 4.55. The number of anilines is 1. The number of aryl methyl sites for hydroxylation is 1. The van der Waals surface area contributed by atoms with Crippen molar-refractivity contribution in [2.45, 2.75) is 20.0 Å². The molecular weight excluding hydrogens is 431 g/mol. The van der Waals surface area contributed by atoms with E-state index in [1.165, 1.54) is 16.9 Å². The molecule has 0 saturated carbocycles. The normalized spacial score (nSPS) is 10.9. The Morgan fingerprint density at radius 2 is 1.96 bits per heavy atom. The third-order valence-electron chi connectivity index (χ3n) is 3.68. The molecule has 0 bridgehead atoms. The van der Waals surface area contributed by atoms with Crippen LogP contribution < -0.4 is 5.32 Å². The van der Waals surface area contributed by atoms with Crippen molar-refractivity contribution in [3.05, 3.63) is 66.9 Å². The van der Waals surface area contributed by atoms with E-state index in [9.17, 15) is 14.9 Å². The average Bonchev–Trinajstić information content (AvgIpc) is 3.12. The van der Waals surface area contributed by atoms with Crippen LogP contribution in [0.3, 0.4) is 0 Å². The van der Waals surface area contributed by atoms with Gasteiger partial charge < -0.3 is 15.4 Å². The van der Waals surface area contributed by atoms with Crippen LogP contribution in [0.4, 0.5) is 11.6 Å². The fraction of sp³-hybridized carbons (Fsp3) is 0.188. The van der Waals surface area contributed by atoms with Crippen LogP contribution in [0.25, 0.3) is 0 Å². The molecular formula is C16H13Cl3N6O3. The highest BCUT2D eigenvalue weighted by Crippen LogP contribution is 2.24. The van der Waals surface area contributed by atoms with E-state index in [4.69, 9.17) is 34.8 Å². The number of carbonyl (C=O) groups excluding carboxylic acids is 1. The molecule has 3 aromatic rings. The van der Waals surface area contributed by atoms with Gasteiger partial charge in [-0.25, -0.2) is 0 Å². The van der Waals surface area contributed by atoms with E-state index in [1.54, 1.807) is 25.1 Å². The van der Waals surface area contributed by atoms with E-state index in [2.05, 4.69) is 15.5 Å². The summed E-state index contributed by atoms with van der Waals surface area (Å²) in [6.07, 6.45) is 1.53. The van der Waals surface area contributed by atoms with Crippen LogP contribution in [0.2, 0.25) is 15.1 Å². The Morgan fingerprint density at radius 3 is 2.64 bits per heavy atom. The van der Waals surface area contributed by atoms with E-state index in [0.29, 0.717) is 22.3 Å². The van der Waals surface area contributed by atoms with Crippen LogP contribution in [-0.4, -0.2) is 30.4 Å². The molecule has 1 amide bonds. The summed E-state index contributed by atoms with van der Waals surface area (Å²) >= 11 is 18.2. The lowest BCUT2D eigenvalue weighted by Gasteiger charge is -2.05. The topological polar surface area (TPSA) is 108 Å². The maximum absolute atomic E-state index is 12.2. The first kappa shape index (κ1) is 20.1. The maximum atomic E-state index is 12.2. The lowest BCUT2D eigenvalue weighted by Crippen LogP contribution is -2.21. The summed E-state index contributed by atoms with van der Waals surface area (Å²) < 4.78 is 2.51. The van der Waals surface area contributed by atoms with Crippen LogP contribution in [0.1, 0.15) is 11.3 Å².